The van der Waals surface area contributed by atoms with E-state index in [1.54, 1.807) is 58.0 Å². The molecule has 13 atom stereocenters. The number of hydrogen-bond acceptors (Lipinski definition) is 19. The molecule has 2 aliphatic heterocycles. The zero-order chi connectivity index (χ0) is 72.9. The van der Waals surface area contributed by atoms with E-state index in [2.05, 4.69) is 73.4 Å². The van der Waals surface area contributed by atoms with Crippen molar-refractivity contribution in [3.63, 3.8) is 0 Å². The van der Waals surface area contributed by atoms with Crippen LogP contribution in [0.5, 0.6) is 0 Å². The first-order chi connectivity index (χ1) is 46.3. The van der Waals surface area contributed by atoms with Crippen molar-refractivity contribution < 1.29 is 77.3 Å². The number of nitrogens with zero attached hydrogens (tertiary/aromatic N) is 2. The SMILES string of the molecule is CCC(C)C(NC(=O)C(CCC(=O)O)NC(=O)C(CC(C)C)NC(=O)C1CSC(C(N)C(C)C)=N1)C(=O)NCCCCC1NC(=O)C(CC(N)=O)NC(=O)C(CC(=O)O)NC(=O)C(Cc2cnc[nH]2)NC(=O)C(Cc2ccccc2)NC(=O)C(C(C)C)NC(=O)C(CCCN)NC1=O. The maximum atomic E-state index is 14.6. The van der Waals surface area contributed by atoms with Gasteiger partial charge in [-0.05, 0) is 80.7 Å². The summed E-state index contributed by atoms with van der Waals surface area (Å²) in [6.45, 7) is 14.0. The summed E-state index contributed by atoms with van der Waals surface area (Å²) in [5.74, 6) is -15.2. The van der Waals surface area contributed by atoms with Gasteiger partial charge in [0.1, 0.15) is 66.5 Å². The second kappa shape index (κ2) is 40.6. The van der Waals surface area contributed by atoms with E-state index in [1.165, 1.54) is 24.3 Å². The minimum absolute atomic E-state index is 0.000395. The number of nitrogens with one attached hydrogen (secondary N) is 12. The van der Waals surface area contributed by atoms with Gasteiger partial charge in [-0.1, -0.05) is 92.1 Å². The van der Waals surface area contributed by atoms with Crippen LogP contribution in [-0.4, -0.2) is 199 Å². The number of benzene rings is 1. The Bertz CT molecular complexity index is 3120. The van der Waals surface area contributed by atoms with E-state index in [4.69, 9.17) is 17.2 Å². The summed E-state index contributed by atoms with van der Waals surface area (Å²) in [6.07, 6.45) is -0.549. The highest BCUT2D eigenvalue weighted by molar-refractivity contribution is 8.14. The molecule has 0 radical (unpaired) electrons. The van der Waals surface area contributed by atoms with Crippen molar-refractivity contribution >= 4 is 99.6 Å². The molecule has 4 rings (SSSR count). The molecule has 20 N–H and O–H groups in total. The van der Waals surface area contributed by atoms with Crippen molar-refractivity contribution in [3.8, 4) is 0 Å². The van der Waals surface area contributed by atoms with Gasteiger partial charge >= 0.3 is 11.9 Å². The number of primary amides is 1. The number of H-pyrrole nitrogens is 1. The molecule has 98 heavy (non-hydrogen) atoms. The number of carbonyl (C=O) groups is 14. The Labute approximate surface area is 573 Å². The number of hydrogen-bond donors (Lipinski definition) is 17. The van der Waals surface area contributed by atoms with E-state index in [9.17, 15) is 77.3 Å². The smallest absolute Gasteiger partial charge is 0.305 e. The van der Waals surface area contributed by atoms with E-state index in [-0.39, 0.29) is 82.3 Å². The van der Waals surface area contributed by atoms with Gasteiger partial charge in [0, 0.05) is 43.5 Å². The third-order valence-corrected chi connectivity index (χ3v) is 17.6. The molecular weight excluding hydrogens is 1290 g/mol. The zero-order valence-corrected chi connectivity index (χ0v) is 57.6. The molecule has 33 nitrogen and oxygen atoms in total. The Kier molecular flexibility index (Phi) is 33.7. The second-order valence-corrected chi connectivity index (χ2v) is 26.7. The molecule has 0 spiro atoms. The van der Waals surface area contributed by atoms with Gasteiger partial charge in [0.05, 0.1) is 30.3 Å². The number of carboxylic acids is 2. The lowest BCUT2D eigenvalue weighted by Crippen LogP contribution is -2.61. The highest BCUT2D eigenvalue weighted by Gasteiger charge is 2.39. The molecule has 1 fully saturated rings. The van der Waals surface area contributed by atoms with Crippen LogP contribution in [0.25, 0.3) is 0 Å². The third kappa shape index (κ3) is 27.1. The number of carbonyl (C=O) groups excluding carboxylic acids is 12. The second-order valence-electron chi connectivity index (χ2n) is 25.7. The monoisotopic (exact) mass is 1390 g/mol. The van der Waals surface area contributed by atoms with Crippen LogP contribution >= 0.6 is 11.8 Å². The van der Waals surface area contributed by atoms with Gasteiger partial charge in [-0.3, -0.25) is 72.1 Å². The maximum Gasteiger partial charge on any atom is 0.305 e. The molecule has 1 aromatic heterocycles. The van der Waals surface area contributed by atoms with Crippen molar-refractivity contribution in [3.05, 3.63) is 54.1 Å². The number of aliphatic imine (C=N–C) groups is 1. The highest BCUT2D eigenvalue weighted by atomic mass is 32.2. The number of nitrogens with two attached hydrogens (primary N) is 3. The number of amides is 12. The first-order valence-corrected chi connectivity index (χ1v) is 34.0. The molecule has 1 saturated heterocycles. The lowest BCUT2D eigenvalue weighted by Gasteiger charge is -2.29. The molecular formula is C64H99N17O16S. The quantitative estimate of drug-likeness (QED) is 0.0330. The molecule has 2 aromatic rings. The van der Waals surface area contributed by atoms with Crippen LogP contribution < -0.4 is 75.7 Å². The van der Waals surface area contributed by atoms with Crippen LogP contribution in [0.1, 0.15) is 137 Å². The molecule has 3 heterocycles. The standard InChI is InChI=1S/C64H99N17O16S/c1-9-35(8)52(81-55(89)40(20-21-48(83)84)73-56(90)41(24-32(2)3)74-61(95)46-30-98-64(79-46)50(67)33(4)5)62(96)69-23-14-13-18-38-53(87)71-39(19-15-22-65)54(88)80-51(34(6)7)63(97)78-42(25-36-16-11-10-12-17-36)57(91)75-43(26-37-29-68-31-70-37)58(92)77-45(28-49(85)86)60(94)76-44(27-47(66)82)59(93)72-38/h10-12,16-17,29,31-35,38-46,50-52H,9,13-15,18-28,30,65,67H2,1-8H3,(H2,66,82)(H,68,70)(H,69,96)(H,71,87)(H,72,93)(H,73,90)(H,74,95)(H,75,91)(H,76,94)(H,77,92)(H,78,97)(H,80,88)(H,81,89)(H,83,84)(H,85,86). The van der Waals surface area contributed by atoms with Crippen LogP contribution in [0.15, 0.2) is 47.8 Å². The maximum absolute atomic E-state index is 14.6. The first kappa shape index (κ1) is 81.4. The minimum Gasteiger partial charge on any atom is -0.481 e. The molecule has 2 aliphatic rings. The van der Waals surface area contributed by atoms with Gasteiger partial charge in [-0.2, -0.15) is 0 Å². The van der Waals surface area contributed by atoms with E-state index in [1.807, 2.05) is 27.7 Å². The van der Waals surface area contributed by atoms with Crippen LogP contribution in [0, 0.1) is 23.7 Å². The molecule has 0 saturated carbocycles. The van der Waals surface area contributed by atoms with Gasteiger partial charge in [0.15, 0.2) is 0 Å². The Balaban J connectivity index is 1.65. The Hall–Kier alpha value is -9.05. The summed E-state index contributed by atoms with van der Waals surface area (Å²) in [5.41, 5.74) is 18.6. The summed E-state index contributed by atoms with van der Waals surface area (Å²) in [4.78, 5) is 205. The summed E-state index contributed by atoms with van der Waals surface area (Å²) in [7, 11) is 0. The molecule has 13 unspecified atom stereocenters. The van der Waals surface area contributed by atoms with E-state index in [0.29, 0.717) is 28.5 Å². The predicted molar refractivity (Wildman–Crippen MR) is 360 cm³/mol. The summed E-state index contributed by atoms with van der Waals surface area (Å²) >= 11 is 1.35. The largest absolute Gasteiger partial charge is 0.481 e. The Morgan fingerprint density at radius 1 is 0.643 bits per heavy atom. The van der Waals surface area contributed by atoms with Crippen molar-refractivity contribution in [2.24, 2.45) is 45.9 Å². The molecule has 542 valence electrons. The Morgan fingerprint density at radius 2 is 1.19 bits per heavy atom. The van der Waals surface area contributed by atoms with Crippen molar-refractivity contribution in [1.82, 2.24) is 68.5 Å². The number of aromatic nitrogens is 2. The topological polar surface area (TPSA) is 531 Å². The number of imidazole rings is 1. The van der Waals surface area contributed by atoms with E-state index in [0.717, 1.165) is 0 Å². The number of unbranched alkanes of at least 4 members (excludes halogenated alkanes) is 1. The van der Waals surface area contributed by atoms with Crippen LogP contribution in [0.2, 0.25) is 0 Å². The van der Waals surface area contributed by atoms with Gasteiger partial charge in [0.25, 0.3) is 0 Å². The number of rotatable bonds is 33. The number of thioether (sulfide) groups is 1. The third-order valence-electron chi connectivity index (χ3n) is 16.4. The van der Waals surface area contributed by atoms with Gasteiger partial charge in [-0.25, -0.2) is 4.98 Å². The minimum atomic E-state index is -2.00. The molecule has 0 aliphatic carbocycles. The van der Waals surface area contributed by atoms with Gasteiger partial charge < -0.3 is 90.9 Å². The van der Waals surface area contributed by atoms with Crippen molar-refractivity contribution in [1.29, 1.82) is 0 Å². The van der Waals surface area contributed by atoms with Crippen molar-refractivity contribution in [2.45, 2.75) is 211 Å². The van der Waals surface area contributed by atoms with Gasteiger partial charge in [-0.15, -0.1) is 11.8 Å². The number of aromatic amines is 1. The van der Waals surface area contributed by atoms with Crippen LogP contribution in [0.4, 0.5) is 0 Å². The lowest BCUT2D eigenvalue weighted by atomic mass is 9.97. The number of carboxylic acid groups (broad SMARTS) is 2. The average molecular weight is 1390 g/mol. The molecule has 0 bridgehead atoms. The lowest BCUT2D eigenvalue weighted by molar-refractivity contribution is -0.142. The highest BCUT2D eigenvalue weighted by Crippen LogP contribution is 2.23. The summed E-state index contributed by atoms with van der Waals surface area (Å²) < 4.78 is 0. The summed E-state index contributed by atoms with van der Waals surface area (Å²) in [5, 5.41) is 48.7. The van der Waals surface area contributed by atoms with Crippen LogP contribution in [-0.2, 0) is 80.0 Å². The van der Waals surface area contributed by atoms with Crippen molar-refractivity contribution in [2.75, 3.05) is 18.8 Å². The fourth-order valence-corrected chi connectivity index (χ4v) is 11.7. The molecule has 34 heteroatoms. The number of aliphatic carboxylic acids is 2. The average Bonchev–Trinajstić information content (AvgIpc) is 1.30. The van der Waals surface area contributed by atoms with E-state index >= 15 is 0 Å². The molecule has 12 amide bonds. The zero-order valence-electron chi connectivity index (χ0n) is 56.7. The van der Waals surface area contributed by atoms with Crippen LogP contribution in [0.3, 0.4) is 0 Å². The predicted octanol–water partition coefficient (Wildman–Crippen LogP) is -2.46. The first-order valence-electron chi connectivity index (χ1n) is 33.0. The fraction of sp³-hybridized carbons (Fsp3) is 0.625. The Morgan fingerprint density at radius 3 is 1.74 bits per heavy atom. The van der Waals surface area contributed by atoms with E-state index < -0.39 is 187 Å². The van der Waals surface area contributed by atoms with Gasteiger partial charge in [0.2, 0.25) is 70.9 Å². The summed E-state index contributed by atoms with van der Waals surface area (Å²) in [6, 6.07) is -8.11. The fourth-order valence-electron chi connectivity index (χ4n) is 10.5. The molecule has 1 aromatic carbocycles. The normalized spacial score (nSPS) is 22.3.